The van der Waals surface area contributed by atoms with Gasteiger partial charge in [-0.1, -0.05) is 78.1 Å². The predicted octanol–water partition coefficient (Wildman–Crippen LogP) is 5.41. The quantitative estimate of drug-likeness (QED) is 0.280. The van der Waals surface area contributed by atoms with E-state index in [0.717, 1.165) is 6.61 Å². The van der Waals surface area contributed by atoms with Gasteiger partial charge in [-0.2, -0.15) is 0 Å². The molecule has 0 aromatic carbocycles. The van der Waals surface area contributed by atoms with Crippen LogP contribution in [0.2, 0.25) is 0 Å². The SMILES string of the molecule is CCCCCCCCN(CCCCCCCC)CC1CO1. The fourth-order valence-corrected chi connectivity index (χ4v) is 2.99. The Hall–Kier alpha value is -0.0800. The second kappa shape index (κ2) is 13.6. The van der Waals surface area contributed by atoms with Crippen LogP contribution in [0.1, 0.15) is 90.9 Å². The highest BCUT2D eigenvalue weighted by atomic mass is 16.6. The molecule has 1 aliphatic heterocycles. The van der Waals surface area contributed by atoms with E-state index in [-0.39, 0.29) is 0 Å². The van der Waals surface area contributed by atoms with Gasteiger partial charge in [-0.3, -0.25) is 0 Å². The Morgan fingerprint density at radius 3 is 1.57 bits per heavy atom. The van der Waals surface area contributed by atoms with Crippen LogP contribution in [0.3, 0.4) is 0 Å². The highest BCUT2D eigenvalue weighted by molar-refractivity contribution is 4.74. The third kappa shape index (κ3) is 12.2. The van der Waals surface area contributed by atoms with Gasteiger partial charge in [0.15, 0.2) is 0 Å². The van der Waals surface area contributed by atoms with E-state index in [1.165, 1.54) is 96.7 Å². The molecule has 1 atom stereocenters. The predicted molar refractivity (Wildman–Crippen MR) is 92.9 cm³/mol. The summed E-state index contributed by atoms with van der Waals surface area (Å²) >= 11 is 0. The van der Waals surface area contributed by atoms with E-state index in [1.54, 1.807) is 0 Å². The zero-order chi connectivity index (χ0) is 15.2. The molecule has 0 aliphatic carbocycles. The average Bonchev–Trinajstić information content (AvgIpc) is 3.30. The van der Waals surface area contributed by atoms with E-state index in [1.807, 2.05) is 0 Å². The average molecular weight is 298 g/mol. The standard InChI is InChI=1S/C19H39NO/c1-3-5-7-9-11-13-15-20(17-19-18-21-19)16-14-12-10-8-6-4-2/h19H,3-18H2,1-2H3. The monoisotopic (exact) mass is 297 g/mol. The van der Waals surface area contributed by atoms with E-state index < -0.39 is 0 Å². The molecular weight excluding hydrogens is 258 g/mol. The minimum Gasteiger partial charge on any atom is -0.372 e. The summed E-state index contributed by atoms with van der Waals surface area (Å²) in [6.07, 6.45) is 17.4. The molecule has 2 heteroatoms. The van der Waals surface area contributed by atoms with Gasteiger partial charge in [0.2, 0.25) is 0 Å². The van der Waals surface area contributed by atoms with Gasteiger partial charge in [0.25, 0.3) is 0 Å². The molecule has 1 heterocycles. The lowest BCUT2D eigenvalue weighted by Gasteiger charge is -2.21. The largest absolute Gasteiger partial charge is 0.372 e. The molecule has 21 heavy (non-hydrogen) atoms. The van der Waals surface area contributed by atoms with Gasteiger partial charge in [-0.25, -0.2) is 0 Å². The second-order valence-electron chi connectivity index (χ2n) is 6.79. The van der Waals surface area contributed by atoms with Crippen molar-refractivity contribution in [1.82, 2.24) is 4.90 Å². The summed E-state index contributed by atoms with van der Waals surface area (Å²) in [6.45, 7) is 9.35. The molecule has 126 valence electrons. The highest BCUT2D eigenvalue weighted by Gasteiger charge is 2.24. The smallest absolute Gasteiger partial charge is 0.0936 e. The molecule has 0 N–H and O–H groups in total. The number of hydrogen-bond acceptors (Lipinski definition) is 2. The Bertz CT molecular complexity index is 200. The molecule has 1 saturated heterocycles. The third-order valence-electron chi connectivity index (χ3n) is 4.52. The van der Waals surface area contributed by atoms with Gasteiger partial charge in [-0.05, 0) is 25.9 Å². The lowest BCUT2D eigenvalue weighted by Crippen LogP contribution is -2.30. The van der Waals surface area contributed by atoms with Crippen LogP contribution in [-0.2, 0) is 4.74 Å². The number of epoxide rings is 1. The lowest BCUT2D eigenvalue weighted by molar-refractivity contribution is 0.232. The molecule has 0 amide bonds. The summed E-state index contributed by atoms with van der Waals surface area (Å²) in [6, 6.07) is 0. The number of nitrogens with zero attached hydrogens (tertiary/aromatic N) is 1. The van der Waals surface area contributed by atoms with Crippen LogP contribution >= 0.6 is 0 Å². The molecule has 1 fully saturated rings. The van der Waals surface area contributed by atoms with E-state index >= 15 is 0 Å². The maximum atomic E-state index is 5.42. The molecule has 1 rings (SSSR count). The van der Waals surface area contributed by atoms with Gasteiger partial charge in [0.05, 0.1) is 12.7 Å². The van der Waals surface area contributed by atoms with Crippen LogP contribution in [0.4, 0.5) is 0 Å². The number of hydrogen-bond donors (Lipinski definition) is 0. The Balaban J connectivity index is 1.98. The first-order chi connectivity index (χ1) is 10.4. The molecule has 1 aliphatic rings. The van der Waals surface area contributed by atoms with Crippen LogP contribution in [0, 0.1) is 0 Å². The molecule has 0 spiro atoms. The van der Waals surface area contributed by atoms with Gasteiger partial charge in [0.1, 0.15) is 0 Å². The molecule has 1 unspecified atom stereocenters. The van der Waals surface area contributed by atoms with Crippen molar-refractivity contribution in [3.8, 4) is 0 Å². The van der Waals surface area contributed by atoms with Crippen molar-refractivity contribution >= 4 is 0 Å². The van der Waals surface area contributed by atoms with E-state index in [0.29, 0.717) is 6.10 Å². The summed E-state index contributed by atoms with van der Waals surface area (Å²) in [5, 5.41) is 0. The van der Waals surface area contributed by atoms with Crippen molar-refractivity contribution in [2.45, 2.75) is 97.0 Å². The van der Waals surface area contributed by atoms with Crippen molar-refractivity contribution in [2.75, 3.05) is 26.2 Å². The van der Waals surface area contributed by atoms with Gasteiger partial charge in [-0.15, -0.1) is 0 Å². The Labute approximate surface area is 133 Å². The zero-order valence-electron chi connectivity index (χ0n) is 14.7. The summed E-state index contributed by atoms with van der Waals surface area (Å²) in [5.41, 5.74) is 0. The highest BCUT2D eigenvalue weighted by Crippen LogP contribution is 2.14. The van der Waals surface area contributed by atoms with Crippen LogP contribution in [-0.4, -0.2) is 37.2 Å². The van der Waals surface area contributed by atoms with Crippen molar-refractivity contribution in [2.24, 2.45) is 0 Å². The Morgan fingerprint density at radius 2 is 1.14 bits per heavy atom. The lowest BCUT2D eigenvalue weighted by atomic mass is 10.1. The van der Waals surface area contributed by atoms with Gasteiger partial charge in [0, 0.05) is 6.54 Å². The molecular formula is C19H39NO. The maximum absolute atomic E-state index is 5.42. The first-order valence-electron chi connectivity index (χ1n) is 9.70. The first-order valence-corrected chi connectivity index (χ1v) is 9.70. The van der Waals surface area contributed by atoms with E-state index in [4.69, 9.17) is 4.74 Å². The molecule has 0 aromatic rings. The summed E-state index contributed by atoms with van der Waals surface area (Å²) in [7, 11) is 0. The van der Waals surface area contributed by atoms with E-state index in [9.17, 15) is 0 Å². The molecule has 0 bridgehead atoms. The molecule has 0 saturated carbocycles. The van der Waals surface area contributed by atoms with Crippen molar-refractivity contribution < 1.29 is 4.74 Å². The fraction of sp³-hybridized carbons (Fsp3) is 1.00. The van der Waals surface area contributed by atoms with E-state index in [2.05, 4.69) is 18.7 Å². The second-order valence-corrected chi connectivity index (χ2v) is 6.79. The fourth-order valence-electron chi connectivity index (χ4n) is 2.99. The third-order valence-corrected chi connectivity index (χ3v) is 4.52. The number of unbranched alkanes of at least 4 members (excludes halogenated alkanes) is 10. The summed E-state index contributed by atoms with van der Waals surface area (Å²) < 4.78 is 5.42. The molecule has 2 nitrogen and oxygen atoms in total. The molecule has 0 aromatic heterocycles. The van der Waals surface area contributed by atoms with Crippen LogP contribution < -0.4 is 0 Å². The molecule has 0 radical (unpaired) electrons. The number of rotatable bonds is 16. The van der Waals surface area contributed by atoms with Crippen LogP contribution in [0.25, 0.3) is 0 Å². The minimum absolute atomic E-state index is 0.560. The van der Waals surface area contributed by atoms with Crippen molar-refractivity contribution in [3.05, 3.63) is 0 Å². The van der Waals surface area contributed by atoms with Crippen molar-refractivity contribution in [1.29, 1.82) is 0 Å². The van der Waals surface area contributed by atoms with Crippen LogP contribution in [0.15, 0.2) is 0 Å². The normalized spacial score (nSPS) is 17.6. The van der Waals surface area contributed by atoms with Crippen molar-refractivity contribution in [3.63, 3.8) is 0 Å². The summed E-state index contributed by atoms with van der Waals surface area (Å²) in [5.74, 6) is 0. The zero-order valence-corrected chi connectivity index (χ0v) is 14.7. The maximum Gasteiger partial charge on any atom is 0.0936 e. The minimum atomic E-state index is 0.560. The summed E-state index contributed by atoms with van der Waals surface area (Å²) in [4.78, 5) is 2.66. The topological polar surface area (TPSA) is 15.8 Å². The van der Waals surface area contributed by atoms with Gasteiger partial charge < -0.3 is 9.64 Å². The number of ether oxygens (including phenoxy) is 1. The van der Waals surface area contributed by atoms with Crippen LogP contribution in [0.5, 0.6) is 0 Å². The first kappa shape index (κ1) is 19.0. The Morgan fingerprint density at radius 1 is 0.714 bits per heavy atom. The van der Waals surface area contributed by atoms with Gasteiger partial charge >= 0.3 is 0 Å². The Kier molecular flexibility index (Phi) is 12.3.